The third-order valence-electron chi connectivity index (χ3n) is 3.71. The Hall–Kier alpha value is -0.810. The maximum absolute atomic E-state index is 11.7. The normalized spacial score (nSPS) is 21.9. The highest BCUT2D eigenvalue weighted by Crippen LogP contribution is 2.11. The first kappa shape index (κ1) is 18.2. The molecule has 3 unspecified atom stereocenters. The Morgan fingerprint density at radius 2 is 2.14 bits per heavy atom. The van der Waals surface area contributed by atoms with Gasteiger partial charge in [-0.2, -0.15) is 0 Å². The molecule has 1 rings (SSSR count). The number of alkyl carbamates (subject to hydrolysis) is 1. The molecule has 1 aliphatic heterocycles. The van der Waals surface area contributed by atoms with Crippen LogP contribution in [0, 0.1) is 0 Å². The summed E-state index contributed by atoms with van der Waals surface area (Å²) in [4.78, 5) is 11.7. The molecule has 0 spiro atoms. The van der Waals surface area contributed by atoms with Crippen molar-refractivity contribution in [3.8, 4) is 0 Å². The molecule has 0 aromatic rings. The Kier molecular flexibility index (Phi) is 7.46. The molecule has 0 aromatic carbocycles. The predicted molar refractivity (Wildman–Crippen MR) is 86.6 cm³/mol. The van der Waals surface area contributed by atoms with Crippen molar-refractivity contribution >= 4 is 6.09 Å². The molecule has 0 bridgehead atoms. The van der Waals surface area contributed by atoms with Gasteiger partial charge < -0.3 is 20.7 Å². The quantitative estimate of drug-likeness (QED) is 0.675. The van der Waals surface area contributed by atoms with Gasteiger partial charge in [0, 0.05) is 24.7 Å². The minimum Gasteiger partial charge on any atom is -0.444 e. The molecule has 21 heavy (non-hydrogen) atoms. The van der Waals surface area contributed by atoms with E-state index in [1.807, 2.05) is 20.8 Å². The Bertz CT molecular complexity index is 309. The van der Waals surface area contributed by atoms with Gasteiger partial charge in [0.2, 0.25) is 0 Å². The second kappa shape index (κ2) is 8.59. The lowest BCUT2D eigenvalue weighted by molar-refractivity contribution is 0.0521. The summed E-state index contributed by atoms with van der Waals surface area (Å²) < 4.78 is 5.26. The third-order valence-corrected chi connectivity index (χ3v) is 3.71. The molecular weight excluding hydrogens is 266 g/mol. The van der Waals surface area contributed by atoms with Gasteiger partial charge >= 0.3 is 6.09 Å². The summed E-state index contributed by atoms with van der Waals surface area (Å²) in [7, 11) is 0. The van der Waals surface area contributed by atoms with E-state index in [2.05, 4.69) is 29.8 Å². The number of hydrogen-bond acceptors (Lipinski definition) is 4. The highest BCUT2D eigenvalue weighted by atomic mass is 16.6. The summed E-state index contributed by atoms with van der Waals surface area (Å²) in [5, 5.41) is 9.98. The molecular formula is C16H33N3O2. The van der Waals surface area contributed by atoms with E-state index in [1.54, 1.807) is 0 Å². The van der Waals surface area contributed by atoms with E-state index in [9.17, 15) is 4.79 Å². The van der Waals surface area contributed by atoms with E-state index in [0.29, 0.717) is 18.6 Å². The third kappa shape index (κ3) is 8.27. The SMILES string of the molecule is CCC(CNC(=O)OC(C)(C)C)NC(C)CC1CCCN1. The number of ether oxygens (including phenoxy) is 1. The lowest BCUT2D eigenvalue weighted by Crippen LogP contribution is -2.46. The summed E-state index contributed by atoms with van der Waals surface area (Å²) in [5.74, 6) is 0. The van der Waals surface area contributed by atoms with Crippen molar-refractivity contribution in [2.45, 2.75) is 84.0 Å². The highest BCUT2D eigenvalue weighted by molar-refractivity contribution is 5.67. The zero-order chi connectivity index (χ0) is 15.9. The summed E-state index contributed by atoms with van der Waals surface area (Å²) in [6.45, 7) is 11.7. The van der Waals surface area contributed by atoms with Crippen molar-refractivity contribution in [3.63, 3.8) is 0 Å². The molecule has 1 fully saturated rings. The number of amides is 1. The Labute approximate surface area is 129 Å². The highest BCUT2D eigenvalue weighted by Gasteiger charge is 2.20. The van der Waals surface area contributed by atoms with Gasteiger partial charge in [-0.1, -0.05) is 6.92 Å². The Morgan fingerprint density at radius 3 is 2.67 bits per heavy atom. The first-order chi connectivity index (χ1) is 9.80. The molecule has 5 heteroatoms. The first-order valence-electron chi connectivity index (χ1n) is 8.26. The number of carbonyl (C=O) groups excluding carboxylic acids is 1. The van der Waals surface area contributed by atoms with E-state index in [1.165, 1.54) is 12.8 Å². The molecule has 1 aliphatic rings. The van der Waals surface area contributed by atoms with Gasteiger partial charge in [-0.25, -0.2) is 4.79 Å². The minimum atomic E-state index is -0.444. The second-order valence-electron chi connectivity index (χ2n) is 7.08. The van der Waals surface area contributed by atoms with Crippen LogP contribution in [0.25, 0.3) is 0 Å². The van der Waals surface area contributed by atoms with E-state index < -0.39 is 5.60 Å². The van der Waals surface area contributed by atoms with Crippen molar-refractivity contribution < 1.29 is 9.53 Å². The van der Waals surface area contributed by atoms with E-state index >= 15 is 0 Å². The summed E-state index contributed by atoms with van der Waals surface area (Å²) in [6.07, 6.45) is 4.35. The maximum Gasteiger partial charge on any atom is 0.407 e. The molecule has 0 saturated carbocycles. The van der Waals surface area contributed by atoms with Crippen LogP contribution >= 0.6 is 0 Å². The fourth-order valence-corrected chi connectivity index (χ4v) is 2.70. The van der Waals surface area contributed by atoms with Crippen molar-refractivity contribution in [2.75, 3.05) is 13.1 Å². The molecule has 3 atom stereocenters. The van der Waals surface area contributed by atoms with Crippen molar-refractivity contribution in [2.24, 2.45) is 0 Å². The fraction of sp³-hybridized carbons (Fsp3) is 0.938. The van der Waals surface area contributed by atoms with Crippen LogP contribution in [0.4, 0.5) is 4.79 Å². The van der Waals surface area contributed by atoms with Gasteiger partial charge in [0.15, 0.2) is 0 Å². The van der Waals surface area contributed by atoms with E-state index in [0.717, 1.165) is 19.4 Å². The molecule has 3 N–H and O–H groups in total. The average Bonchev–Trinajstić information content (AvgIpc) is 2.84. The van der Waals surface area contributed by atoms with Crippen molar-refractivity contribution in [3.05, 3.63) is 0 Å². The lowest BCUT2D eigenvalue weighted by Gasteiger charge is -2.25. The van der Waals surface area contributed by atoms with E-state index in [-0.39, 0.29) is 12.1 Å². The zero-order valence-electron chi connectivity index (χ0n) is 14.3. The van der Waals surface area contributed by atoms with Gasteiger partial charge in [-0.15, -0.1) is 0 Å². The summed E-state index contributed by atoms with van der Waals surface area (Å²) in [6, 6.07) is 1.38. The van der Waals surface area contributed by atoms with Gasteiger partial charge in [-0.05, 0) is 59.9 Å². The molecule has 0 aliphatic carbocycles. The van der Waals surface area contributed by atoms with Gasteiger partial charge in [0.25, 0.3) is 0 Å². The maximum atomic E-state index is 11.7. The molecule has 124 valence electrons. The Balaban J connectivity index is 2.25. The average molecular weight is 299 g/mol. The molecule has 5 nitrogen and oxygen atoms in total. The topological polar surface area (TPSA) is 62.4 Å². The molecule has 1 amide bonds. The molecule has 0 aromatic heterocycles. The second-order valence-corrected chi connectivity index (χ2v) is 7.08. The van der Waals surface area contributed by atoms with E-state index in [4.69, 9.17) is 4.74 Å². The van der Waals surface area contributed by atoms with Crippen molar-refractivity contribution in [1.82, 2.24) is 16.0 Å². The summed E-state index contributed by atoms with van der Waals surface area (Å²) in [5.41, 5.74) is -0.444. The van der Waals surface area contributed by atoms with Crippen LogP contribution in [0.1, 0.15) is 60.3 Å². The van der Waals surface area contributed by atoms with Crippen LogP contribution in [-0.4, -0.2) is 42.9 Å². The number of carbonyl (C=O) groups is 1. The molecule has 1 heterocycles. The first-order valence-corrected chi connectivity index (χ1v) is 8.26. The largest absolute Gasteiger partial charge is 0.444 e. The zero-order valence-corrected chi connectivity index (χ0v) is 14.3. The number of hydrogen-bond donors (Lipinski definition) is 3. The van der Waals surface area contributed by atoms with Crippen LogP contribution < -0.4 is 16.0 Å². The van der Waals surface area contributed by atoms with Crippen LogP contribution in [0.3, 0.4) is 0 Å². The van der Waals surface area contributed by atoms with Crippen molar-refractivity contribution in [1.29, 1.82) is 0 Å². The van der Waals surface area contributed by atoms with Gasteiger partial charge in [0.1, 0.15) is 5.60 Å². The number of rotatable bonds is 7. The van der Waals surface area contributed by atoms with Crippen LogP contribution in [0.15, 0.2) is 0 Å². The van der Waals surface area contributed by atoms with Crippen LogP contribution in [0.2, 0.25) is 0 Å². The number of nitrogens with one attached hydrogen (secondary N) is 3. The Morgan fingerprint density at radius 1 is 1.43 bits per heavy atom. The molecule has 1 saturated heterocycles. The smallest absolute Gasteiger partial charge is 0.407 e. The standard InChI is InChI=1S/C16H33N3O2/c1-6-13(11-18-15(20)21-16(3,4)5)19-12(2)10-14-8-7-9-17-14/h12-14,17,19H,6-11H2,1-5H3,(H,18,20). The monoisotopic (exact) mass is 299 g/mol. The van der Waals surface area contributed by atoms with Gasteiger partial charge in [-0.3, -0.25) is 0 Å². The fourth-order valence-electron chi connectivity index (χ4n) is 2.70. The lowest BCUT2D eigenvalue weighted by atomic mass is 10.1. The minimum absolute atomic E-state index is 0.286. The molecule has 0 radical (unpaired) electrons. The van der Waals surface area contributed by atoms with Crippen LogP contribution in [-0.2, 0) is 4.74 Å². The van der Waals surface area contributed by atoms with Gasteiger partial charge in [0.05, 0.1) is 0 Å². The summed E-state index contributed by atoms with van der Waals surface area (Å²) >= 11 is 0. The predicted octanol–water partition coefficient (Wildman–Crippen LogP) is 2.41. The van der Waals surface area contributed by atoms with Crippen LogP contribution in [0.5, 0.6) is 0 Å².